The highest BCUT2D eigenvalue weighted by Crippen LogP contribution is 2.17. The van der Waals surface area contributed by atoms with E-state index >= 15 is 0 Å². The molecular formula is C12H12BrN3O. The Balaban J connectivity index is 2.26. The Labute approximate surface area is 108 Å². The van der Waals surface area contributed by atoms with Crippen molar-refractivity contribution < 1.29 is 4.79 Å². The highest BCUT2D eigenvalue weighted by atomic mass is 79.9. The summed E-state index contributed by atoms with van der Waals surface area (Å²) in [7, 11) is 1.78. The topological polar surface area (TPSA) is 46.9 Å². The van der Waals surface area contributed by atoms with Crippen molar-refractivity contribution in [2.75, 3.05) is 5.32 Å². The van der Waals surface area contributed by atoms with Gasteiger partial charge < -0.3 is 5.32 Å². The molecule has 17 heavy (non-hydrogen) atoms. The van der Waals surface area contributed by atoms with Gasteiger partial charge in [0.05, 0.1) is 6.20 Å². The zero-order valence-electron chi connectivity index (χ0n) is 9.57. The van der Waals surface area contributed by atoms with Gasteiger partial charge in [0.25, 0.3) is 5.91 Å². The number of aromatic nitrogens is 2. The van der Waals surface area contributed by atoms with E-state index < -0.39 is 0 Å². The fourth-order valence-electron chi connectivity index (χ4n) is 1.52. The molecule has 1 aromatic heterocycles. The lowest BCUT2D eigenvalue weighted by Gasteiger charge is -2.08. The second-order valence-electron chi connectivity index (χ2n) is 3.75. The molecule has 0 spiro atoms. The number of amides is 1. The number of aryl methyl sites for hydroxylation is 2. The second-order valence-corrected chi connectivity index (χ2v) is 4.67. The van der Waals surface area contributed by atoms with Gasteiger partial charge in [0.1, 0.15) is 5.82 Å². The van der Waals surface area contributed by atoms with Crippen molar-refractivity contribution in [1.82, 2.24) is 9.78 Å². The van der Waals surface area contributed by atoms with Crippen LogP contribution in [0.15, 0.2) is 34.9 Å². The van der Waals surface area contributed by atoms with Gasteiger partial charge in [-0.1, -0.05) is 22.0 Å². The lowest BCUT2D eigenvalue weighted by molar-refractivity contribution is 0.102. The molecule has 0 saturated heterocycles. The molecule has 0 unspecified atom stereocenters. The molecule has 88 valence electrons. The summed E-state index contributed by atoms with van der Waals surface area (Å²) in [6, 6.07) is 7.38. The molecule has 0 radical (unpaired) electrons. The highest BCUT2D eigenvalue weighted by molar-refractivity contribution is 9.10. The van der Waals surface area contributed by atoms with Crippen LogP contribution in [0.3, 0.4) is 0 Å². The molecule has 5 heteroatoms. The van der Waals surface area contributed by atoms with Gasteiger partial charge in [0.2, 0.25) is 0 Å². The van der Waals surface area contributed by atoms with Crippen molar-refractivity contribution in [3.8, 4) is 0 Å². The number of halogens is 1. The van der Waals surface area contributed by atoms with Crippen LogP contribution in [0.2, 0.25) is 0 Å². The first kappa shape index (κ1) is 11.9. The SMILES string of the molecule is Cc1ccc(Br)cc1C(=O)Nc1ccnn1C. The molecule has 0 aliphatic carbocycles. The van der Waals surface area contributed by atoms with E-state index in [2.05, 4.69) is 26.3 Å². The van der Waals surface area contributed by atoms with Gasteiger partial charge in [-0.3, -0.25) is 9.48 Å². The maximum Gasteiger partial charge on any atom is 0.257 e. The number of carbonyl (C=O) groups is 1. The van der Waals surface area contributed by atoms with E-state index in [1.165, 1.54) is 0 Å². The Bertz CT molecular complexity index is 563. The van der Waals surface area contributed by atoms with E-state index in [1.807, 2.05) is 19.1 Å². The third-order valence-electron chi connectivity index (χ3n) is 2.51. The Morgan fingerprint density at radius 3 is 2.82 bits per heavy atom. The zero-order chi connectivity index (χ0) is 12.4. The second kappa shape index (κ2) is 4.71. The van der Waals surface area contributed by atoms with Gasteiger partial charge in [-0.2, -0.15) is 5.10 Å². The number of rotatable bonds is 2. The summed E-state index contributed by atoms with van der Waals surface area (Å²) in [6.45, 7) is 1.91. The molecule has 0 aliphatic heterocycles. The van der Waals surface area contributed by atoms with E-state index in [1.54, 1.807) is 30.1 Å². The molecule has 0 aliphatic rings. The molecular weight excluding hydrogens is 282 g/mol. The first-order valence-corrected chi connectivity index (χ1v) is 5.93. The summed E-state index contributed by atoms with van der Waals surface area (Å²) < 4.78 is 2.50. The third-order valence-corrected chi connectivity index (χ3v) is 3.00. The Kier molecular flexibility index (Phi) is 3.28. The Morgan fingerprint density at radius 2 is 2.18 bits per heavy atom. The fourth-order valence-corrected chi connectivity index (χ4v) is 1.88. The number of nitrogens with zero attached hydrogens (tertiary/aromatic N) is 2. The summed E-state index contributed by atoms with van der Waals surface area (Å²) in [5, 5.41) is 6.81. The molecule has 0 saturated carbocycles. The monoisotopic (exact) mass is 293 g/mol. The maximum absolute atomic E-state index is 12.1. The summed E-state index contributed by atoms with van der Waals surface area (Å²) in [5.41, 5.74) is 1.59. The first-order chi connectivity index (χ1) is 8.08. The first-order valence-electron chi connectivity index (χ1n) is 5.13. The van der Waals surface area contributed by atoms with E-state index in [0.717, 1.165) is 10.0 Å². The molecule has 0 atom stereocenters. The standard InChI is InChI=1S/C12H12BrN3O/c1-8-3-4-9(13)7-10(8)12(17)15-11-5-6-14-16(11)2/h3-7H,1-2H3,(H,15,17). The van der Waals surface area contributed by atoms with E-state index in [0.29, 0.717) is 11.4 Å². The number of hydrogen-bond acceptors (Lipinski definition) is 2. The highest BCUT2D eigenvalue weighted by Gasteiger charge is 2.11. The molecule has 1 amide bonds. The Morgan fingerprint density at radius 1 is 1.41 bits per heavy atom. The fraction of sp³-hybridized carbons (Fsp3) is 0.167. The third kappa shape index (κ3) is 2.55. The number of carbonyl (C=O) groups excluding carboxylic acids is 1. The average molecular weight is 294 g/mol. The van der Waals surface area contributed by atoms with Gasteiger partial charge in [0, 0.05) is 23.2 Å². The number of benzene rings is 1. The molecule has 1 N–H and O–H groups in total. The minimum Gasteiger partial charge on any atom is -0.307 e. The number of hydrogen-bond donors (Lipinski definition) is 1. The number of nitrogens with one attached hydrogen (secondary N) is 1. The average Bonchev–Trinajstić information content (AvgIpc) is 2.68. The van der Waals surface area contributed by atoms with Crippen molar-refractivity contribution in [2.45, 2.75) is 6.92 Å². The van der Waals surface area contributed by atoms with Gasteiger partial charge in [-0.05, 0) is 24.6 Å². The van der Waals surface area contributed by atoms with Gasteiger partial charge >= 0.3 is 0 Å². The van der Waals surface area contributed by atoms with E-state index in [-0.39, 0.29) is 5.91 Å². The lowest BCUT2D eigenvalue weighted by atomic mass is 10.1. The van der Waals surface area contributed by atoms with E-state index in [4.69, 9.17) is 0 Å². The molecule has 1 aromatic carbocycles. The zero-order valence-corrected chi connectivity index (χ0v) is 11.2. The van der Waals surface area contributed by atoms with Crippen LogP contribution in [-0.2, 0) is 7.05 Å². The minimum atomic E-state index is -0.132. The van der Waals surface area contributed by atoms with Crippen LogP contribution in [-0.4, -0.2) is 15.7 Å². The van der Waals surface area contributed by atoms with E-state index in [9.17, 15) is 4.79 Å². The van der Waals surface area contributed by atoms with Gasteiger partial charge in [-0.15, -0.1) is 0 Å². The van der Waals surface area contributed by atoms with Gasteiger partial charge in [0.15, 0.2) is 0 Å². The van der Waals surface area contributed by atoms with Crippen molar-refractivity contribution in [3.05, 3.63) is 46.1 Å². The summed E-state index contributed by atoms with van der Waals surface area (Å²) in [4.78, 5) is 12.1. The molecule has 2 aromatic rings. The van der Waals surface area contributed by atoms with Crippen LogP contribution in [0.1, 0.15) is 15.9 Å². The van der Waals surface area contributed by atoms with Crippen LogP contribution in [0.4, 0.5) is 5.82 Å². The summed E-state index contributed by atoms with van der Waals surface area (Å²) in [5.74, 6) is 0.543. The quantitative estimate of drug-likeness (QED) is 0.925. The predicted octanol–water partition coefficient (Wildman–Crippen LogP) is 2.74. The van der Waals surface area contributed by atoms with Crippen molar-refractivity contribution in [3.63, 3.8) is 0 Å². The largest absolute Gasteiger partial charge is 0.307 e. The minimum absolute atomic E-state index is 0.132. The van der Waals surface area contributed by atoms with Crippen molar-refractivity contribution >= 4 is 27.7 Å². The molecule has 4 nitrogen and oxygen atoms in total. The van der Waals surface area contributed by atoms with Gasteiger partial charge in [-0.25, -0.2) is 0 Å². The van der Waals surface area contributed by atoms with Crippen LogP contribution >= 0.6 is 15.9 Å². The lowest BCUT2D eigenvalue weighted by Crippen LogP contribution is -2.15. The maximum atomic E-state index is 12.1. The Hall–Kier alpha value is -1.62. The molecule has 1 heterocycles. The molecule has 2 rings (SSSR count). The van der Waals surface area contributed by atoms with Crippen molar-refractivity contribution in [2.24, 2.45) is 7.05 Å². The molecule has 0 fully saturated rings. The van der Waals surface area contributed by atoms with Crippen LogP contribution in [0.25, 0.3) is 0 Å². The smallest absolute Gasteiger partial charge is 0.257 e. The summed E-state index contributed by atoms with van der Waals surface area (Å²) >= 11 is 3.36. The van der Waals surface area contributed by atoms with Crippen LogP contribution < -0.4 is 5.32 Å². The normalized spacial score (nSPS) is 10.3. The predicted molar refractivity (Wildman–Crippen MR) is 70.0 cm³/mol. The van der Waals surface area contributed by atoms with Crippen LogP contribution in [0.5, 0.6) is 0 Å². The number of anilines is 1. The molecule has 0 bridgehead atoms. The van der Waals surface area contributed by atoms with Crippen LogP contribution in [0, 0.1) is 6.92 Å². The van der Waals surface area contributed by atoms with Crippen molar-refractivity contribution in [1.29, 1.82) is 0 Å². The summed E-state index contributed by atoms with van der Waals surface area (Å²) in [6.07, 6.45) is 1.64.